The van der Waals surface area contributed by atoms with Gasteiger partial charge in [-0.25, -0.2) is 0 Å². The Balaban J connectivity index is 0. The van der Waals surface area contributed by atoms with Crippen molar-refractivity contribution in [2.45, 2.75) is 6.92 Å². The molecule has 11 heavy (non-hydrogen) atoms. The second-order valence-electron chi connectivity index (χ2n) is 1.65. The van der Waals surface area contributed by atoms with Crippen LogP contribution in [0.2, 0.25) is 0 Å². The summed E-state index contributed by atoms with van der Waals surface area (Å²) in [7, 11) is 0. The van der Waals surface area contributed by atoms with Crippen molar-refractivity contribution in [3.05, 3.63) is 62.3 Å². The molecule has 0 bridgehead atoms. The Hall–Kier alpha value is -1.30. The number of hydrogen-bond donors (Lipinski definition) is 0. The summed E-state index contributed by atoms with van der Waals surface area (Å²) in [6.45, 7) is 12.3. The van der Waals surface area contributed by atoms with Crippen molar-refractivity contribution in [2.75, 3.05) is 0 Å². The quantitative estimate of drug-likeness (QED) is 0.423. The fraction of sp³-hybridized carbons (Fsp3) is 0.0909. The van der Waals surface area contributed by atoms with Crippen LogP contribution >= 0.6 is 0 Å². The Labute approximate surface area is 69.9 Å². The Morgan fingerprint density at radius 2 is 1.00 bits per heavy atom. The Kier molecular flexibility index (Phi) is 17.9. The minimum Gasteiger partial charge on any atom is -0.103 e. The highest BCUT2D eigenvalue weighted by atomic mass is 13.6. The Morgan fingerprint density at radius 3 is 1.18 bits per heavy atom. The molecule has 0 unspecified atom stereocenters. The zero-order valence-electron chi connectivity index (χ0n) is 7.16. The van der Waals surface area contributed by atoms with E-state index < -0.39 is 0 Å². The maximum absolute atomic E-state index is 3.51. The summed E-state index contributed by atoms with van der Waals surface area (Å²) in [5.41, 5.74) is 0. The van der Waals surface area contributed by atoms with Gasteiger partial charge in [-0.1, -0.05) is 55.7 Å². The van der Waals surface area contributed by atoms with Crippen LogP contribution in [-0.2, 0) is 0 Å². The summed E-state index contributed by atoms with van der Waals surface area (Å²) < 4.78 is 0. The highest BCUT2D eigenvalue weighted by molar-refractivity contribution is 5.12. The standard InChI is InChI=1S/C8H10.C3H6/c1-3-5-7-8-6-4-2;1-3-2/h3-8H,1-2H2;3H,1H2,2H3/b7-5-,8-6-;. The molecule has 0 amide bonds. The third-order valence-corrected chi connectivity index (χ3v) is 0.605. The van der Waals surface area contributed by atoms with Crippen LogP contribution in [0.4, 0.5) is 0 Å². The van der Waals surface area contributed by atoms with Crippen LogP contribution in [0.1, 0.15) is 6.92 Å². The molecule has 0 aliphatic heterocycles. The van der Waals surface area contributed by atoms with Gasteiger partial charge in [-0.2, -0.15) is 0 Å². The fourth-order valence-electron chi connectivity index (χ4n) is 0.285. The molecule has 0 heteroatoms. The van der Waals surface area contributed by atoms with E-state index in [1.165, 1.54) is 0 Å². The summed E-state index contributed by atoms with van der Waals surface area (Å²) in [5.74, 6) is 0. The second-order valence-corrected chi connectivity index (χ2v) is 1.65. The largest absolute Gasteiger partial charge is 0.103 e. The van der Waals surface area contributed by atoms with E-state index >= 15 is 0 Å². The van der Waals surface area contributed by atoms with Crippen molar-refractivity contribution in [3.8, 4) is 0 Å². The molecule has 0 heterocycles. The molecule has 0 N–H and O–H groups in total. The van der Waals surface area contributed by atoms with E-state index in [1.54, 1.807) is 18.2 Å². The molecule has 0 aliphatic rings. The van der Waals surface area contributed by atoms with Gasteiger partial charge in [0.2, 0.25) is 0 Å². The topological polar surface area (TPSA) is 0 Å². The average molecular weight is 148 g/mol. The fourth-order valence-corrected chi connectivity index (χ4v) is 0.285. The molecule has 0 radical (unpaired) electrons. The molecule has 0 nitrogen and oxygen atoms in total. The van der Waals surface area contributed by atoms with Crippen LogP contribution in [0, 0.1) is 0 Å². The van der Waals surface area contributed by atoms with Gasteiger partial charge in [0.25, 0.3) is 0 Å². The molecule has 0 aromatic carbocycles. The van der Waals surface area contributed by atoms with Crippen molar-refractivity contribution < 1.29 is 0 Å². The summed E-state index contributed by atoms with van der Waals surface area (Å²) in [6.07, 6.45) is 12.7. The van der Waals surface area contributed by atoms with Crippen molar-refractivity contribution in [2.24, 2.45) is 0 Å². The van der Waals surface area contributed by atoms with Gasteiger partial charge in [0, 0.05) is 0 Å². The van der Waals surface area contributed by atoms with Crippen LogP contribution in [0.5, 0.6) is 0 Å². The summed E-state index contributed by atoms with van der Waals surface area (Å²) >= 11 is 0. The zero-order valence-corrected chi connectivity index (χ0v) is 7.16. The third kappa shape index (κ3) is 28.5. The number of hydrogen-bond acceptors (Lipinski definition) is 0. The first kappa shape index (κ1) is 12.4. The molecule has 0 spiro atoms. The van der Waals surface area contributed by atoms with E-state index in [2.05, 4.69) is 19.7 Å². The number of rotatable bonds is 3. The Morgan fingerprint density at radius 1 is 0.727 bits per heavy atom. The maximum Gasteiger partial charge on any atom is -0.0473 e. The lowest BCUT2D eigenvalue weighted by molar-refractivity contribution is 1.80. The Bertz CT molecular complexity index is 131. The molecule has 60 valence electrons. The summed E-state index contributed by atoms with van der Waals surface area (Å²) in [4.78, 5) is 0. The van der Waals surface area contributed by atoms with Gasteiger partial charge in [-0.05, 0) is 6.92 Å². The normalized spacial score (nSPS) is 8.82. The summed E-state index contributed by atoms with van der Waals surface area (Å²) in [6, 6.07) is 0. The first-order valence-corrected chi connectivity index (χ1v) is 3.47. The lowest BCUT2D eigenvalue weighted by Crippen LogP contribution is -1.45. The van der Waals surface area contributed by atoms with Gasteiger partial charge in [-0.15, -0.1) is 6.58 Å². The SMILES string of the molecule is C=C/C=C\C=C/C=C.C=CC. The molecule has 0 aliphatic carbocycles. The zero-order chi connectivity index (χ0) is 8.95. The highest BCUT2D eigenvalue weighted by Gasteiger charge is 1.54. The smallest absolute Gasteiger partial charge is 0.0473 e. The lowest BCUT2D eigenvalue weighted by Gasteiger charge is -1.67. The first-order chi connectivity index (χ1) is 5.33. The van der Waals surface area contributed by atoms with Crippen LogP contribution in [-0.4, -0.2) is 0 Å². The minimum absolute atomic E-state index is 1.73. The van der Waals surface area contributed by atoms with Crippen LogP contribution < -0.4 is 0 Å². The molecule has 0 atom stereocenters. The molecule has 0 aromatic rings. The molecular weight excluding hydrogens is 132 g/mol. The van der Waals surface area contributed by atoms with E-state index in [1.807, 2.05) is 31.2 Å². The van der Waals surface area contributed by atoms with Crippen molar-refractivity contribution >= 4 is 0 Å². The minimum atomic E-state index is 1.73. The predicted octanol–water partition coefficient (Wildman–Crippen LogP) is 3.66. The lowest BCUT2D eigenvalue weighted by atomic mass is 10.4. The van der Waals surface area contributed by atoms with Gasteiger partial charge in [0.1, 0.15) is 0 Å². The van der Waals surface area contributed by atoms with E-state index in [9.17, 15) is 0 Å². The molecule has 0 saturated carbocycles. The second kappa shape index (κ2) is 15.9. The predicted molar refractivity (Wildman–Crippen MR) is 54.5 cm³/mol. The van der Waals surface area contributed by atoms with Gasteiger partial charge in [-0.3, -0.25) is 0 Å². The highest BCUT2D eigenvalue weighted by Crippen LogP contribution is 1.76. The van der Waals surface area contributed by atoms with Gasteiger partial charge in [0.15, 0.2) is 0 Å². The van der Waals surface area contributed by atoms with E-state index in [0.717, 1.165) is 0 Å². The summed E-state index contributed by atoms with van der Waals surface area (Å²) in [5, 5.41) is 0. The van der Waals surface area contributed by atoms with E-state index in [4.69, 9.17) is 0 Å². The molecule has 0 rings (SSSR count). The molecule has 0 fully saturated rings. The molecular formula is C11H16. The first-order valence-electron chi connectivity index (χ1n) is 3.47. The van der Waals surface area contributed by atoms with Crippen molar-refractivity contribution in [1.29, 1.82) is 0 Å². The van der Waals surface area contributed by atoms with Crippen LogP contribution in [0.3, 0.4) is 0 Å². The maximum atomic E-state index is 3.51. The van der Waals surface area contributed by atoms with E-state index in [-0.39, 0.29) is 0 Å². The molecule has 0 saturated heterocycles. The van der Waals surface area contributed by atoms with Gasteiger partial charge in [0.05, 0.1) is 0 Å². The number of allylic oxidation sites excluding steroid dienone is 7. The molecule has 0 aromatic heterocycles. The van der Waals surface area contributed by atoms with Crippen molar-refractivity contribution in [1.82, 2.24) is 0 Å². The monoisotopic (exact) mass is 148 g/mol. The van der Waals surface area contributed by atoms with Crippen LogP contribution in [0.15, 0.2) is 62.3 Å². The third-order valence-electron chi connectivity index (χ3n) is 0.605. The van der Waals surface area contributed by atoms with E-state index in [0.29, 0.717) is 0 Å². The van der Waals surface area contributed by atoms with Crippen LogP contribution in [0.25, 0.3) is 0 Å². The average Bonchev–Trinajstić information content (AvgIpc) is 2.00. The van der Waals surface area contributed by atoms with Gasteiger partial charge >= 0.3 is 0 Å². The van der Waals surface area contributed by atoms with Gasteiger partial charge < -0.3 is 0 Å². The van der Waals surface area contributed by atoms with Crippen molar-refractivity contribution in [3.63, 3.8) is 0 Å².